The highest BCUT2D eigenvalue weighted by Gasteiger charge is 2.41. The van der Waals surface area contributed by atoms with Gasteiger partial charge in [-0.15, -0.1) is 11.3 Å². The maximum Gasteiger partial charge on any atom is 0.329 e. The fourth-order valence-corrected chi connectivity index (χ4v) is 3.44. The van der Waals surface area contributed by atoms with E-state index in [1.165, 1.54) is 6.92 Å². The predicted octanol–water partition coefficient (Wildman–Crippen LogP) is 3.04. The van der Waals surface area contributed by atoms with Crippen LogP contribution in [-0.2, 0) is 14.3 Å². The van der Waals surface area contributed by atoms with Crippen LogP contribution in [0.1, 0.15) is 24.3 Å². The van der Waals surface area contributed by atoms with Crippen molar-refractivity contribution in [2.75, 3.05) is 6.61 Å². The van der Waals surface area contributed by atoms with E-state index in [-0.39, 0.29) is 6.61 Å². The van der Waals surface area contributed by atoms with Crippen LogP contribution in [0.15, 0.2) is 16.4 Å². The first kappa shape index (κ1) is 15.8. The van der Waals surface area contributed by atoms with E-state index in [1.54, 1.807) is 24.3 Å². The number of carbonyl (C=O) groups is 3. The van der Waals surface area contributed by atoms with E-state index in [1.807, 2.05) is 18.4 Å². The van der Waals surface area contributed by atoms with Crippen molar-refractivity contribution < 1.29 is 19.1 Å². The molecule has 0 N–H and O–H groups in total. The normalized spacial score (nSPS) is 18.4. The molecule has 1 fully saturated rings. The first-order chi connectivity index (χ1) is 9.93. The van der Waals surface area contributed by atoms with E-state index in [2.05, 4.69) is 0 Å². The lowest BCUT2D eigenvalue weighted by Crippen LogP contribution is -2.42. The van der Waals surface area contributed by atoms with Gasteiger partial charge in [-0.25, -0.2) is 4.79 Å². The standard InChI is InChI=1S/C14H15NO4S2/c1-4-19-13(17)9(3)15-12(16)11(21-14(15)18)6-10-5-8(2)20-7-10/h5-7,9H,4H2,1-3H3/b11-6-/t9-/m1/s1. The van der Waals surface area contributed by atoms with Gasteiger partial charge in [-0.05, 0) is 55.6 Å². The Morgan fingerprint density at radius 1 is 1.48 bits per heavy atom. The van der Waals surface area contributed by atoms with Gasteiger partial charge in [0.1, 0.15) is 6.04 Å². The summed E-state index contributed by atoms with van der Waals surface area (Å²) in [6.45, 7) is 5.35. The summed E-state index contributed by atoms with van der Waals surface area (Å²) in [4.78, 5) is 38.4. The van der Waals surface area contributed by atoms with Gasteiger partial charge in [0.05, 0.1) is 11.5 Å². The van der Waals surface area contributed by atoms with Crippen molar-refractivity contribution in [3.63, 3.8) is 0 Å². The molecule has 112 valence electrons. The summed E-state index contributed by atoms with van der Waals surface area (Å²) in [5.74, 6) is -1.03. The average Bonchev–Trinajstić information content (AvgIpc) is 2.94. The quantitative estimate of drug-likeness (QED) is 0.629. The number of esters is 1. The van der Waals surface area contributed by atoms with Crippen molar-refractivity contribution in [2.24, 2.45) is 0 Å². The molecule has 21 heavy (non-hydrogen) atoms. The molecule has 0 unspecified atom stereocenters. The number of thioether (sulfide) groups is 1. The summed E-state index contributed by atoms with van der Waals surface area (Å²) in [7, 11) is 0. The van der Waals surface area contributed by atoms with Crippen LogP contribution >= 0.6 is 23.1 Å². The van der Waals surface area contributed by atoms with Crippen LogP contribution < -0.4 is 0 Å². The van der Waals surface area contributed by atoms with Gasteiger partial charge in [-0.2, -0.15) is 0 Å². The summed E-state index contributed by atoms with van der Waals surface area (Å²) < 4.78 is 4.86. The highest BCUT2D eigenvalue weighted by Crippen LogP contribution is 2.34. The van der Waals surface area contributed by atoms with E-state index >= 15 is 0 Å². The monoisotopic (exact) mass is 325 g/mol. The van der Waals surface area contributed by atoms with Crippen LogP contribution in [0.25, 0.3) is 6.08 Å². The number of amides is 2. The molecule has 5 nitrogen and oxygen atoms in total. The molecule has 0 spiro atoms. The minimum atomic E-state index is -0.910. The second-order valence-electron chi connectivity index (χ2n) is 4.47. The Hall–Kier alpha value is -1.60. The smallest absolute Gasteiger partial charge is 0.329 e. The van der Waals surface area contributed by atoms with Crippen LogP contribution in [0.3, 0.4) is 0 Å². The molecule has 2 heterocycles. The predicted molar refractivity (Wildman–Crippen MR) is 83.0 cm³/mol. The minimum Gasteiger partial charge on any atom is -0.464 e. The molecular formula is C14H15NO4S2. The summed E-state index contributed by atoms with van der Waals surface area (Å²) in [6.07, 6.45) is 1.67. The third kappa shape index (κ3) is 3.36. The van der Waals surface area contributed by atoms with Gasteiger partial charge in [0.2, 0.25) is 0 Å². The van der Waals surface area contributed by atoms with Gasteiger partial charge in [0.25, 0.3) is 11.1 Å². The van der Waals surface area contributed by atoms with Crippen LogP contribution in [0, 0.1) is 6.92 Å². The fourth-order valence-electron chi connectivity index (χ4n) is 1.87. The van der Waals surface area contributed by atoms with E-state index in [9.17, 15) is 14.4 Å². The first-order valence-corrected chi connectivity index (χ1v) is 8.12. The Kier molecular flexibility index (Phi) is 4.84. The van der Waals surface area contributed by atoms with Gasteiger partial charge in [0.15, 0.2) is 0 Å². The summed E-state index contributed by atoms with van der Waals surface area (Å²) in [5, 5.41) is 1.47. The SMILES string of the molecule is CCOC(=O)[C@@H](C)N1C(=O)S/C(=C\c2csc(C)c2)C1=O. The van der Waals surface area contributed by atoms with Gasteiger partial charge in [-0.1, -0.05) is 0 Å². The van der Waals surface area contributed by atoms with Gasteiger partial charge < -0.3 is 4.74 Å². The molecular weight excluding hydrogens is 310 g/mol. The molecule has 0 radical (unpaired) electrons. The van der Waals surface area contributed by atoms with Crippen LogP contribution in [-0.4, -0.2) is 34.7 Å². The number of ether oxygens (including phenoxy) is 1. The number of imide groups is 1. The number of rotatable bonds is 4. The summed E-state index contributed by atoms with van der Waals surface area (Å²) >= 11 is 2.42. The molecule has 1 aromatic heterocycles. The Morgan fingerprint density at radius 3 is 2.76 bits per heavy atom. The second kappa shape index (κ2) is 6.44. The summed E-state index contributed by atoms with van der Waals surface area (Å²) in [5.41, 5.74) is 0.881. The first-order valence-electron chi connectivity index (χ1n) is 6.43. The molecule has 7 heteroatoms. The number of carbonyl (C=O) groups excluding carboxylic acids is 3. The Morgan fingerprint density at radius 2 is 2.19 bits per heavy atom. The van der Waals surface area contributed by atoms with Gasteiger partial charge in [0, 0.05) is 4.88 Å². The zero-order chi connectivity index (χ0) is 15.6. The lowest BCUT2D eigenvalue weighted by Gasteiger charge is -2.19. The number of thiophene rings is 1. The Bertz CT molecular complexity index is 620. The van der Waals surface area contributed by atoms with Crippen molar-refractivity contribution >= 4 is 46.3 Å². The lowest BCUT2D eigenvalue weighted by molar-refractivity contribution is -0.150. The molecule has 1 aliphatic rings. The number of aryl methyl sites for hydroxylation is 1. The van der Waals surface area contributed by atoms with E-state index in [0.717, 1.165) is 27.1 Å². The van der Waals surface area contributed by atoms with E-state index in [0.29, 0.717) is 4.91 Å². The second-order valence-corrected chi connectivity index (χ2v) is 6.58. The minimum absolute atomic E-state index is 0.212. The zero-order valence-corrected chi connectivity index (χ0v) is 13.5. The van der Waals surface area contributed by atoms with Crippen molar-refractivity contribution in [3.8, 4) is 0 Å². The molecule has 1 atom stereocenters. The Labute approximate surface area is 131 Å². The highest BCUT2D eigenvalue weighted by atomic mass is 32.2. The number of hydrogen-bond acceptors (Lipinski definition) is 6. The van der Waals surface area contributed by atoms with Crippen molar-refractivity contribution in [3.05, 3.63) is 26.8 Å². The third-order valence-electron chi connectivity index (χ3n) is 2.89. The van der Waals surface area contributed by atoms with E-state index < -0.39 is 23.2 Å². The lowest BCUT2D eigenvalue weighted by atomic mass is 10.2. The van der Waals surface area contributed by atoms with Gasteiger partial charge >= 0.3 is 5.97 Å². The molecule has 0 aliphatic carbocycles. The maximum atomic E-state index is 12.3. The van der Waals surface area contributed by atoms with Crippen LogP contribution in [0.2, 0.25) is 0 Å². The fraction of sp³-hybridized carbons (Fsp3) is 0.357. The molecule has 0 bridgehead atoms. The highest BCUT2D eigenvalue weighted by molar-refractivity contribution is 8.18. The number of nitrogens with zero attached hydrogens (tertiary/aromatic N) is 1. The number of hydrogen-bond donors (Lipinski definition) is 0. The van der Waals surface area contributed by atoms with Crippen LogP contribution in [0.4, 0.5) is 4.79 Å². The molecule has 0 saturated carbocycles. The van der Waals surface area contributed by atoms with Gasteiger partial charge in [-0.3, -0.25) is 14.5 Å². The Balaban J connectivity index is 2.20. The van der Waals surface area contributed by atoms with Crippen molar-refractivity contribution in [1.29, 1.82) is 0 Å². The molecule has 0 aromatic carbocycles. The zero-order valence-electron chi connectivity index (χ0n) is 11.9. The largest absolute Gasteiger partial charge is 0.464 e. The third-order valence-corrected chi connectivity index (χ3v) is 4.65. The topological polar surface area (TPSA) is 63.7 Å². The summed E-state index contributed by atoms with van der Waals surface area (Å²) in [6, 6.07) is 1.03. The average molecular weight is 325 g/mol. The van der Waals surface area contributed by atoms with E-state index in [4.69, 9.17) is 4.74 Å². The maximum absolute atomic E-state index is 12.3. The molecule has 1 aromatic rings. The van der Waals surface area contributed by atoms with Crippen molar-refractivity contribution in [1.82, 2.24) is 4.90 Å². The molecule has 1 aliphatic heterocycles. The molecule has 2 rings (SSSR count). The van der Waals surface area contributed by atoms with Crippen LogP contribution in [0.5, 0.6) is 0 Å². The van der Waals surface area contributed by atoms with Crippen molar-refractivity contribution in [2.45, 2.75) is 26.8 Å². The molecule has 1 saturated heterocycles. The molecule has 2 amide bonds.